The van der Waals surface area contributed by atoms with Gasteiger partial charge in [-0.05, 0) is 37.1 Å². The highest BCUT2D eigenvalue weighted by molar-refractivity contribution is 6.06. The second-order valence-electron chi connectivity index (χ2n) is 5.55. The van der Waals surface area contributed by atoms with Crippen LogP contribution < -0.4 is 10.1 Å². The van der Waals surface area contributed by atoms with Crippen molar-refractivity contribution in [1.82, 2.24) is 0 Å². The number of anilines is 1. The van der Waals surface area contributed by atoms with Gasteiger partial charge in [0.05, 0.1) is 11.7 Å². The SMILES string of the molecule is O=C(Nc1cc(F)cc(F)c1)c1ccccc1OC[C@H]1CCCO1. The van der Waals surface area contributed by atoms with Gasteiger partial charge in [0, 0.05) is 18.4 Å². The molecule has 0 radical (unpaired) electrons. The van der Waals surface area contributed by atoms with Crippen LogP contribution in [0.15, 0.2) is 42.5 Å². The Morgan fingerprint density at radius 2 is 1.96 bits per heavy atom. The lowest BCUT2D eigenvalue weighted by Crippen LogP contribution is -2.19. The molecule has 0 saturated carbocycles. The molecule has 1 aliphatic heterocycles. The van der Waals surface area contributed by atoms with Gasteiger partial charge in [-0.2, -0.15) is 0 Å². The summed E-state index contributed by atoms with van der Waals surface area (Å²) in [5, 5.41) is 2.48. The highest BCUT2D eigenvalue weighted by Gasteiger charge is 2.18. The van der Waals surface area contributed by atoms with E-state index in [-0.39, 0.29) is 11.8 Å². The molecule has 1 amide bonds. The topological polar surface area (TPSA) is 47.6 Å². The van der Waals surface area contributed by atoms with Crippen LogP contribution in [0.25, 0.3) is 0 Å². The molecule has 0 bridgehead atoms. The van der Waals surface area contributed by atoms with Gasteiger partial charge < -0.3 is 14.8 Å². The van der Waals surface area contributed by atoms with E-state index in [1.54, 1.807) is 24.3 Å². The van der Waals surface area contributed by atoms with Crippen molar-refractivity contribution in [2.45, 2.75) is 18.9 Å². The van der Waals surface area contributed by atoms with E-state index in [4.69, 9.17) is 9.47 Å². The van der Waals surface area contributed by atoms with E-state index in [9.17, 15) is 13.6 Å². The number of carbonyl (C=O) groups is 1. The Balaban J connectivity index is 1.71. The first-order chi connectivity index (χ1) is 11.6. The van der Waals surface area contributed by atoms with Crippen molar-refractivity contribution in [2.24, 2.45) is 0 Å². The summed E-state index contributed by atoms with van der Waals surface area (Å²) in [6.07, 6.45) is 1.96. The molecule has 0 aromatic heterocycles. The van der Waals surface area contributed by atoms with Gasteiger partial charge in [-0.15, -0.1) is 0 Å². The van der Waals surface area contributed by atoms with Gasteiger partial charge >= 0.3 is 0 Å². The van der Waals surface area contributed by atoms with Gasteiger partial charge in [-0.25, -0.2) is 8.78 Å². The third-order valence-electron chi connectivity index (χ3n) is 3.70. The smallest absolute Gasteiger partial charge is 0.259 e. The van der Waals surface area contributed by atoms with E-state index in [0.717, 1.165) is 37.6 Å². The normalized spacial score (nSPS) is 16.8. The maximum absolute atomic E-state index is 13.2. The molecule has 2 aromatic carbocycles. The van der Waals surface area contributed by atoms with Crippen LogP contribution in [0, 0.1) is 11.6 Å². The molecule has 1 fully saturated rings. The van der Waals surface area contributed by atoms with E-state index in [0.29, 0.717) is 17.9 Å². The van der Waals surface area contributed by atoms with Crippen molar-refractivity contribution < 1.29 is 23.0 Å². The second kappa shape index (κ2) is 7.40. The lowest BCUT2D eigenvalue weighted by Gasteiger charge is -2.14. The molecule has 1 aliphatic rings. The molecule has 1 saturated heterocycles. The number of carbonyl (C=O) groups excluding carboxylic acids is 1. The van der Waals surface area contributed by atoms with Crippen molar-refractivity contribution in [1.29, 1.82) is 0 Å². The maximum atomic E-state index is 13.2. The molecule has 1 N–H and O–H groups in total. The Bertz CT molecular complexity index is 710. The molecule has 24 heavy (non-hydrogen) atoms. The first-order valence-corrected chi connectivity index (χ1v) is 7.73. The predicted molar refractivity (Wildman–Crippen MR) is 85.2 cm³/mol. The number of rotatable bonds is 5. The van der Waals surface area contributed by atoms with Crippen LogP contribution in [0.5, 0.6) is 5.75 Å². The van der Waals surface area contributed by atoms with E-state index in [1.165, 1.54) is 0 Å². The third kappa shape index (κ3) is 4.08. The molecular formula is C18H17F2NO3. The summed E-state index contributed by atoms with van der Waals surface area (Å²) >= 11 is 0. The van der Waals surface area contributed by atoms with Gasteiger partial charge in [0.1, 0.15) is 24.0 Å². The molecule has 1 atom stereocenters. The number of amides is 1. The zero-order valence-corrected chi connectivity index (χ0v) is 12.9. The molecule has 126 valence electrons. The van der Waals surface area contributed by atoms with E-state index in [1.807, 2.05) is 0 Å². The minimum Gasteiger partial charge on any atom is -0.490 e. The van der Waals surface area contributed by atoms with Crippen molar-refractivity contribution in [3.05, 3.63) is 59.7 Å². The Hall–Kier alpha value is -2.47. The first-order valence-electron chi connectivity index (χ1n) is 7.73. The number of para-hydroxylation sites is 1. The summed E-state index contributed by atoms with van der Waals surface area (Å²) in [6.45, 7) is 1.08. The Kier molecular flexibility index (Phi) is 5.05. The molecule has 4 nitrogen and oxygen atoms in total. The van der Waals surface area contributed by atoms with Crippen LogP contribution in [0.4, 0.5) is 14.5 Å². The van der Waals surface area contributed by atoms with Gasteiger partial charge in [0.25, 0.3) is 5.91 Å². The number of nitrogens with one attached hydrogen (secondary N) is 1. The van der Waals surface area contributed by atoms with Gasteiger partial charge in [0.15, 0.2) is 0 Å². The van der Waals surface area contributed by atoms with Crippen LogP contribution in [-0.4, -0.2) is 25.2 Å². The molecule has 6 heteroatoms. The molecular weight excluding hydrogens is 316 g/mol. The Morgan fingerprint density at radius 1 is 1.21 bits per heavy atom. The van der Waals surface area contributed by atoms with Crippen LogP contribution >= 0.6 is 0 Å². The van der Waals surface area contributed by atoms with Gasteiger partial charge in [0.2, 0.25) is 0 Å². The van der Waals surface area contributed by atoms with Crippen molar-refractivity contribution >= 4 is 11.6 Å². The lowest BCUT2D eigenvalue weighted by atomic mass is 10.1. The average molecular weight is 333 g/mol. The van der Waals surface area contributed by atoms with Crippen LogP contribution in [0.2, 0.25) is 0 Å². The van der Waals surface area contributed by atoms with E-state index >= 15 is 0 Å². The summed E-state index contributed by atoms with van der Waals surface area (Å²) in [4.78, 5) is 12.4. The second-order valence-corrected chi connectivity index (χ2v) is 5.55. The number of hydrogen-bond donors (Lipinski definition) is 1. The van der Waals surface area contributed by atoms with Crippen molar-refractivity contribution in [3.8, 4) is 5.75 Å². The molecule has 0 aliphatic carbocycles. The van der Waals surface area contributed by atoms with Gasteiger partial charge in [-0.1, -0.05) is 12.1 Å². The maximum Gasteiger partial charge on any atom is 0.259 e. The van der Waals surface area contributed by atoms with E-state index in [2.05, 4.69) is 5.32 Å². The average Bonchev–Trinajstić information content (AvgIpc) is 3.05. The van der Waals surface area contributed by atoms with Crippen molar-refractivity contribution in [2.75, 3.05) is 18.5 Å². The molecule has 3 rings (SSSR count). The Morgan fingerprint density at radius 3 is 2.67 bits per heavy atom. The van der Waals surface area contributed by atoms with Gasteiger partial charge in [-0.3, -0.25) is 4.79 Å². The van der Waals surface area contributed by atoms with Crippen molar-refractivity contribution in [3.63, 3.8) is 0 Å². The van der Waals surface area contributed by atoms with Crippen LogP contribution in [0.3, 0.4) is 0 Å². The third-order valence-corrected chi connectivity index (χ3v) is 3.70. The first kappa shape index (κ1) is 16.4. The summed E-state index contributed by atoms with van der Waals surface area (Å²) in [5.41, 5.74) is 0.339. The molecule has 0 unspecified atom stereocenters. The van der Waals surface area contributed by atoms with E-state index < -0.39 is 17.5 Å². The zero-order chi connectivity index (χ0) is 16.9. The fourth-order valence-electron chi connectivity index (χ4n) is 2.56. The number of hydrogen-bond acceptors (Lipinski definition) is 3. The Labute approximate surface area is 138 Å². The molecule has 1 heterocycles. The molecule has 2 aromatic rings. The quantitative estimate of drug-likeness (QED) is 0.906. The monoisotopic (exact) mass is 333 g/mol. The lowest BCUT2D eigenvalue weighted by molar-refractivity contribution is 0.0673. The summed E-state index contributed by atoms with van der Waals surface area (Å²) in [7, 11) is 0. The summed E-state index contributed by atoms with van der Waals surface area (Å²) in [5.74, 6) is -1.60. The van der Waals surface area contributed by atoms with Crippen LogP contribution in [0.1, 0.15) is 23.2 Å². The number of benzene rings is 2. The zero-order valence-electron chi connectivity index (χ0n) is 12.9. The predicted octanol–water partition coefficient (Wildman–Crippen LogP) is 3.77. The fraction of sp³-hybridized carbons (Fsp3) is 0.278. The highest BCUT2D eigenvalue weighted by Crippen LogP contribution is 2.22. The standard InChI is InChI=1S/C18H17F2NO3/c19-12-8-13(20)10-14(9-12)21-18(22)16-5-1-2-6-17(16)24-11-15-4-3-7-23-15/h1-2,5-6,8-10,15H,3-4,7,11H2,(H,21,22)/t15-/m1/s1. The summed E-state index contributed by atoms with van der Waals surface area (Å²) in [6, 6.07) is 9.57. The largest absolute Gasteiger partial charge is 0.490 e. The fourth-order valence-corrected chi connectivity index (χ4v) is 2.56. The number of halogens is 2. The minimum absolute atomic E-state index is 0.0263. The molecule has 0 spiro atoms. The summed E-state index contributed by atoms with van der Waals surface area (Å²) < 4.78 is 37.6. The number of ether oxygens (including phenoxy) is 2. The highest BCUT2D eigenvalue weighted by atomic mass is 19.1. The van der Waals surface area contributed by atoms with Crippen LogP contribution in [-0.2, 0) is 4.74 Å². The minimum atomic E-state index is -0.756.